The standard InChI is InChI=1S/C5H8N4O4/c1-2-13-5(12)9(7-3-10)8-4(6)11/h2H2,1H3,(H3,6,8,11). The van der Waals surface area contributed by atoms with E-state index >= 15 is 0 Å². The Bertz CT molecular complexity index is 247. The SMILES string of the molecule is CCOC(=O)N(N=C=O)NC(N)=O. The molecule has 0 unspecified atom stereocenters. The molecule has 72 valence electrons. The Balaban J connectivity index is 4.31. The third-order valence-corrected chi connectivity index (χ3v) is 0.798. The molecule has 0 saturated heterocycles. The summed E-state index contributed by atoms with van der Waals surface area (Å²) < 4.78 is 4.40. The van der Waals surface area contributed by atoms with E-state index in [0.717, 1.165) is 6.08 Å². The molecule has 0 saturated carbocycles. The van der Waals surface area contributed by atoms with Gasteiger partial charge in [-0.1, -0.05) is 10.2 Å². The van der Waals surface area contributed by atoms with Gasteiger partial charge in [0, 0.05) is 0 Å². The molecule has 0 atom stereocenters. The van der Waals surface area contributed by atoms with Crippen molar-refractivity contribution in [1.82, 2.24) is 10.5 Å². The minimum atomic E-state index is -1.05. The quantitative estimate of drug-likeness (QED) is 0.338. The Morgan fingerprint density at radius 3 is 2.69 bits per heavy atom. The van der Waals surface area contributed by atoms with Crippen molar-refractivity contribution in [2.24, 2.45) is 10.8 Å². The predicted molar refractivity (Wildman–Crippen MR) is 39.7 cm³/mol. The predicted octanol–water partition coefficient (Wildman–Crippen LogP) is -0.721. The van der Waals surface area contributed by atoms with Gasteiger partial charge in [-0.15, -0.1) is 0 Å². The molecule has 0 radical (unpaired) electrons. The summed E-state index contributed by atoms with van der Waals surface area (Å²) in [5.41, 5.74) is 6.40. The Hall–Kier alpha value is -2.08. The molecule has 0 heterocycles. The number of amides is 3. The number of urea groups is 1. The van der Waals surface area contributed by atoms with Crippen LogP contribution >= 0.6 is 0 Å². The Morgan fingerprint density at radius 2 is 2.31 bits per heavy atom. The van der Waals surface area contributed by atoms with Crippen molar-refractivity contribution in [3.8, 4) is 0 Å². The third-order valence-electron chi connectivity index (χ3n) is 0.798. The number of carbonyl (C=O) groups excluding carboxylic acids is 3. The van der Waals surface area contributed by atoms with Gasteiger partial charge in [0.25, 0.3) is 6.08 Å². The summed E-state index contributed by atoms with van der Waals surface area (Å²) in [7, 11) is 0. The number of rotatable bonds is 2. The molecule has 13 heavy (non-hydrogen) atoms. The van der Waals surface area contributed by atoms with Crippen molar-refractivity contribution in [3.63, 3.8) is 0 Å². The van der Waals surface area contributed by atoms with Gasteiger partial charge in [-0.05, 0) is 6.92 Å². The highest BCUT2D eigenvalue weighted by atomic mass is 16.6. The van der Waals surface area contributed by atoms with Crippen molar-refractivity contribution in [2.75, 3.05) is 6.61 Å². The van der Waals surface area contributed by atoms with Gasteiger partial charge in [-0.25, -0.2) is 19.8 Å². The second kappa shape index (κ2) is 5.56. The lowest BCUT2D eigenvalue weighted by Crippen LogP contribution is -2.45. The Labute approximate surface area is 73.3 Å². The van der Waals surface area contributed by atoms with Crippen molar-refractivity contribution in [3.05, 3.63) is 0 Å². The average molecular weight is 188 g/mol. The van der Waals surface area contributed by atoms with E-state index < -0.39 is 12.1 Å². The Morgan fingerprint density at radius 1 is 1.69 bits per heavy atom. The van der Waals surface area contributed by atoms with E-state index in [1.807, 2.05) is 0 Å². The zero-order valence-corrected chi connectivity index (χ0v) is 6.81. The summed E-state index contributed by atoms with van der Waals surface area (Å²) >= 11 is 0. The van der Waals surface area contributed by atoms with E-state index in [9.17, 15) is 14.4 Å². The number of hydrogen-bond donors (Lipinski definition) is 2. The van der Waals surface area contributed by atoms with Gasteiger partial charge in [-0.3, -0.25) is 0 Å². The molecule has 0 aliphatic heterocycles. The van der Waals surface area contributed by atoms with Crippen LogP contribution in [0.25, 0.3) is 0 Å². The topological polar surface area (TPSA) is 114 Å². The number of hydrazine groups is 1. The van der Waals surface area contributed by atoms with Gasteiger partial charge in [0.05, 0.1) is 6.61 Å². The molecule has 0 aliphatic carbocycles. The van der Waals surface area contributed by atoms with Crippen LogP contribution < -0.4 is 11.2 Å². The highest BCUT2D eigenvalue weighted by Gasteiger charge is 2.14. The van der Waals surface area contributed by atoms with Crippen LogP contribution in [0.4, 0.5) is 9.59 Å². The highest BCUT2D eigenvalue weighted by Crippen LogP contribution is 1.89. The first-order valence-electron chi connectivity index (χ1n) is 3.22. The van der Waals surface area contributed by atoms with Crippen LogP contribution in [0.1, 0.15) is 6.92 Å². The van der Waals surface area contributed by atoms with Crippen molar-refractivity contribution >= 4 is 18.2 Å². The van der Waals surface area contributed by atoms with E-state index in [1.54, 1.807) is 12.3 Å². The van der Waals surface area contributed by atoms with E-state index in [4.69, 9.17) is 0 Å². The monoisotopic (exact) mass is 188 g/mol. The summed E-state index contributed by atoms with van der Waals surface area (Å²) in [4.78, 5) is 30.9. The van der Waals surface area contributed by atoms with E-state index in [-0.39, 0.29) is 11.7 Å². The summed E-state index contributed by atoms with van der Waals surface area (Å²) in [6.07, 6.45) is 0.0188. The third kappa shape index (κ3) is 4.38. The molecule has 0 aromatic carbocycles. The number of carbonyl (C=O) groups is 2. The van der Waals surface area contributed by atoms with Gasteiger partial charge in [0.15, 0.2) is 0 Å². The van der Waals surface area contributed by atoms with Crippen LogP contribution in [0, 0.1) is 0 Å². The second-order valence-corrected chi connectivity index (χ2v) is 1.68. The number of isocyanates is 1. The van der Waals surface area contributed by atoms with Crippen LogP contribution in [-0.2, 0) is 9.53 Å². The fraction of sp³-hybridized carbons (Fsp3) is 0.400. The number of nitrogens with one attached hydrogen (secondary N) is 1. The molecule has 0 fully saturated rings. The number of nitrogens with two attached hydrogens (primary N) is 1. The molecule has 0 aromatic heterocycles. The second-order valence-electron chi connectivity index (χ2n) is 1.68. The lowest BCUT2D eigenvalue weighted by atomic mass is 10.9. The fourth-order valence-corrected chi connectivity index (χ4v) is 0.441. The molecule has 0 spiro atoms. The molecule has 0 aromatic rings. The van der Waals surface area contributed by atoms with E-state index in [1.165, 1.54) is 0 Å². The van der Waals surface area contributed by atoms with Gasteiger partial charge >= 0.3 is 12.1 Å². The summed E-state index contributed by atoms with van der Waals surface area (Å²) in [6.45, 7) is 1.62. The van der Waals surface area contributed by atoms with E-state index in [2.05, 4.69) is 15.6 Å². The zero-order chi connectivity index (χ0) is 10.3. The molecular formula is C5H8N4O4. The Kier molecular flexibility index (Phi) is 4.67. The van der Waals surface area contributed by atoms with Crippen LogP contribution in [0.5, 0.6) is 0 Å². The van der Waals surface area contributed by atoms with Crippen LogP contribution in [0.15, 0.2) is 5.10 Å². The maximum Gasteiger partial charge on any atom is 0.451 e. The van der Waals surface area contributed by atoms with Crippen LogP contribution in [-0.4, -0.2) is 29.9 Å². The van der Waals surface area contributed by atoms with Crippen molar-refractivity contribution < 1.29 is 19.1 Å². The molecule has 0 bridgehead atoms. The van der Waals surface area contributed by atoms with Crippen LogP contribution in [0.2, 0.25) is 0 Å². The molecule has 8 heteroatoms. The minimum Gasteiger partial charge on any atom is -0.447 e. The van der Waals surface area contributed by atoms with Crippen LogP contribution in [0.3, 0.4) is 0 Å². The first kappa shape index (κ1) is 10.9. The van der Waals surface area contributed by atoms with Gasteiger partial charge in [-0.2, -0.15) is 0 Å². The van der Waals surface area contributed by atoms with Gasteiger partial charge < -0.3 is 10.5 Å². The molecule has 0 aliphatic rings. The number of hydrogen-bond acceptors (Lipinski definition) is 5. The van der Waals surface area contributed by atoms with Gasteiger partial charge in [0.1, 0.15) is 0 Å². The number of hydrazone groups is 1. The smallest absolute Gasteiger partial charge is 0.447 e. The first-order chi connectivity index (χ1) is 6.11. The maximum atomic E-state index is 10.8. The average Bonchev–Trinajstić information content (AvgIpc) is 2.03. The summed E-state index contributed by atoms with van der Waals surface area (Å²) in [5.74, 6) is 0. The fourth-order valence-electron chi connectivity index (χ4n) is 0.441. The number of nitrogens with zero attached hydrogens (tertiary/aromatic N) is 2. The first-order valence-corrected chi connectivity index (χ1v) is 3.22. The normalized spacial score (nSPS) is 8.08. The molecule has 3 N–H and O–H groups in total. The van der Waals surface area contributed by atoms with E-state index in [0.29, 0.717) is 0 Å². The number of primary amides is 1. The zero-order valence-electron chi connectivity index (χ0n) is 6.81. The number of ether oxygens (including phenoxy) is 1. The van der Waals surface area contributed by atoms with Crippen molar-refractivity contribution in [2.45, 2.75) is 6.92 Å². The molecule has 0 rings (SSSR count). The molecular weight excluding hydrogens is 180 g/mol. The molecule has 3 amide bonds. The van der Waals surface area contributed by atoms with Gasteiger partial charge in [0.2, 0.25) is 0 Å². The minimum absolute atomic E-state index is 0.0736. The summed E-state index contributed by atoms with van der Waals surface area (Å²) in [5, 5.41) is 3.07. The maximum absolute atomic E-state index is 10.8. The summed E-state index contributed by atoms with van der Waals surface area (Å²) in [6, 6.07) is -1.05. The van der Waals surface area contributed by atoms with Crippen molar-refractivity contribution in [1.29, 1.82) is 0 Å². The largest absolute Gasteiger partial charge is 0.451 e. The lowest BCUT2D eigenvalue weighted by molar-refractivity contribution is 0.0930. The lowest BCUT2D eigenvalue weighted by Gasteiger charge is -2.12. The molecule has 8 nitrogen and oxygen atoms in total. The highest BCUT2D eigenvalue weighted by molar-refractivity contribution is 5.76.